The highest BCUT2D eigenvalue weighted by Crippen LogP contribution is 2.19. The molecule has 0 saturated carbocycles. The van der Waals surface area contributed by atoms with Crippen molar-refractivity contribution in [3.8, 4) is 0 Å². The van der Waals surface area contributed by atoms with E-state index in [1.807, 2.05) is 74.5 Å². The van der Waals surface area contributed by atoms with Crippen LogP contribution < -0.4 is 10.2 Å². The van der Waals surface area contributed by atoms with E-state index >= 15 is 0 Å². The lowest BCUT2D eigenvalue weighted by molar-refractivity contribution is -0.146. The minimum absolute atomic E-state index is 0.299. The van der Waals surface area contributed by atoms with Gasteiger partial charge in [0.25, 0.3) is 11.8 Å². The van der Waals surface area contributed by atoms with Crippen LogP contribution in [0.3, 0.4) is 0 Å². The second-order valence-corrected chi connectivity index (χ2v) is 8.35. The molecule has 0 atom stereocenters. The molecule has 0 bridgehead atoms. The van der Waals surface area contributed by atoms with Crippen LogP contribution in [0.4, 0.5) is 5.69 Å². The first-order valence-electron chi connectivity index (χ1n) is 9.83. The third kappa shape index (κ3) is 6.52. The molecular formula is C24H24N2O4S. The summed E-state index contributed by atoms with van der Waals surface area (Å²) < 4.78 is 5.12. The smallest absolute Gasteiger partial charge is 0.325 e. The summed E-state index contributed by atoms with van der Waals surface area (Å²) >= 11 is 1.34. The number of nitrogens with zero attached hydrogens (tertiary/aromatic N) is 1. The third-order valence-electron chi connectivity index (χ3n) is 4.51. The zero-order valence-electron chi connectivity index (χ0n) is 17.5. The number of ether oxygens (including phenoxy) is 1. The van der Waals surface area contributed by atoms with E-state index in [1.54, 1.807) is 11.0 Å². The second-order valence-electron chi connectivity index (χ2n) is 7.06. The fourth-order valence-corrected chi connectivity index (χ4v) is 3.74. The SMILES string of the molecule is Cc1cccc(N(Cc2ccccc2)C(=O)COC(=O)CNC(=O)c2ccc(C)s2)c1. The van der Waals surface area contributed by atoms with E-state index < -0.39 is 12.6 Å². The normalized spacial score (nSPS) is 10.4. The van der Waals surface area contributed by atoms with Crippen molar-refractivity contribution >= 4 is 34.8 Å². The first-order valence-corrected chi connectivity index (χ1v) is 10.7. The lowest BCUT2D eigenvalue weighted by atomic mass is 10.1. The van der Waals surface area contributed by atoms with Crippen LogP contribution in [0.25, 0.3) is 0 Å². The molecule has 0 saturated heterocycles. The van der Waals surface area contributed by atoms with Crippen LogP contribution in [-0.2, 0) is 20.9 Å². The molecule has 0 unspecified atom stereocenters. The fourth-order valence-electron chi connectivity index (χ4n) is 2.95. The fraction of sp³-hybridized carbons (Fsp3) is 0.208. The van der Waals surface area contributed by atoms with Gasteiger partial charge in [-0.2, -0.15) is 0 Å². The molecular weight excluding hydrogens is 412 g/mol. The molecule has 0 aliphatic rings. The summed E-state index contributed by atoms with van der Waals surface area (Å²) in [6.07, 6.45) is 0. The molecule has 0 radical (unpaired) electrons. The lowest BCUT2D eigenvalue weighted by Crippen LogP contribution is -2.36. The van der Waals surface area contributed by atoms with Crippen LogP contribution in [0.5, 0.6) is 0 Å². The van der Waals surface area contributed by atoms with Crippen molar-refractivity contribution in [2.75, 3.05) is 18.1 Å². The minimum Gasteiger partial charge on any atom is -0.454 e. The Morgan fingerprint density at radius 3 is 2.42 bits per heavy atom. The maximum atomic E-state index is 12.9. The number of rotatable bonds is 8. The van der Waals surface area contributed by atoms with Crippen LogP contribution in [0, 0.1) is 13.8 Å². The maximum absolute atomic E-state index is 12.9. The van der Waals surface area contributed by atoms with Crippen LogP contribution >= 0.6 is 11.3 Å². The van der Waals surface area contributed by atoms with E-state index in [9.17, 15) is 14.4 Å². The molecule has 2 aromatic carbocycles. The molecule has 160 valence electrons. The molecule has 0 spiro atoms. The van der Waals surface area contributed by atoms with Crippen LogP contribution in [0.1, 0.15) is 25.7 Å². The Hall–Kier alpha value is -3.45. The number of hydrogen-bond donors (Lipinski definition) is 1. The summed E-state index contributed by atoms with van der Waals surface area (Å²) in [6, 6.07) is 20.7. The van der Waals surface area contributed by atoms with Gasteiger partial charge in [-0.3, -0.25) is 14.4 Å². The second kappa shape index (κ2) is 10.5. The number of amides is 2. The van der Waals surface area contributed by atoms with Gasteiger partial charge in [-0.1, -0.05) is 42.5 Å². The van der Waals surface area contributed by atoms with Crippen molar-refractivity contribution in [3.05, 3.63) is 87.6 Å². The highest BCUT2D eigenvalue weighted by atomic mass is 32.1. The molecule has 6 nitrogen and oxygen atoms in total. The van der Waals surface area contributed by atoms with Gasteiger partial charge in [0.15, 0.2) is 6.61 Å². The zero-order valence-corrected chi connectivity index (χ0v) is 18.3. The summed E-state index contributed by atoms with van der Waals surface area (Å²) in [5.41, 5.74) is 2.71. The average molecular weight is 437 g/mol. The molecule has 3 aromatic rings. The van der Waals surface area contributed by atoms with E-state index in [2.05, 4.69) is 5.32 Å². The largest absolute Gasteiger partial charge is 0.454 e. The number of anilines is 1. The number of carbonyl (C=O) groups is 3. The zero-order chi connectivity index (χ0) is 22.2. The number of nitrogens with one attached hydrogen (secondary N) is 1. The van der Waals surface area contributed by atoms with Gasteiger partial charge in [-0.15, -0.1) is 11.3 Å². The molecule has 0 aliphatic carbocycles. The van der Waals surface area contributed by atoms with Gasteiger partial charge >= 0.3 is 5.97 Å². The summed E-state index contributed by atoms with van der Waals surface area (Å²) in [6.45, 7) is 3.50. The standard InChI is InChI=1S/C24H24N2O4S/c1-17-7-6-10-20(13-17)26(15-19-8-4-3-5-9-19)22(27)16-30-23(28)14-25-24(29)21-12-11-18(2)31-21/h3-13H,14-16H2,1-2H3,(H,25,29). The Balaban J connectivity index is 1.59. The van der Waals surface area contributed by atoms with Gasteiger partial charge in [0.1, 0.15) is 6.54 Å². The molecule has 31 heavy (non-hydrogen) atoms. The molecule has 2 amide bonds. The summed E-state index contributed by atoms with van der Waals surface area (Å²) in [5, 5.41) is 2.52. The Bertz CT molecular complexity index is 1060. The highest BCUT2D eigenvalue weighted by molar-refractivity contribution is 7.13. The first kappa shape index (κ1) is 22.2. The van der Waals surface area contributed by atoms with Crippen molar-refractivity contribution in [3.63, 3.8) is 0 Å². The molecule has 1 heterocycles. The monoisotopic (exact) mass is 436 g/mol. The predicted molar refractivity (Wildman–Crippen MR) is 121 cm³/mol. The summed E-state index contributed by atoms with van der Waals surface area (Å²) in [5.74, 6) is -1.35. The predicted octanol–water partition coefficient (Wildman–Crippen LogP) is 3.87. The van der Waals surface area contributed by atoms with Crippen LogP contribution in [-0.4, -0.2) is 30.9 Å². The van der Waals surface area contributed by atoms with Gasteiger partial charge in [-0.25, -0.2) is 0 Å². The van der Waals surface area contributed by atoms with Gasteiger partial charge in [0, 0.05) is 10.6 Å². The van der Waals surface area contributed by atoms with E-state index in [0.717, 1.165) is 21.7 Å². The summed E-state index contributed by atoms with van der Waals surface area (Å²) in [7, 11) is 0. The average Bonchev–Trinajstić information content (AvgIpc) is 3.21. The number of carbonyl (C=O) groups excluding carboxylic acids is 3. The molecule has 0 aliphatic heterocycles. The number of thiophene rings is 1. The van der Waals surface area contributed by atoms with Crippen molar-refractivity contribution in [1.29, 1.82) is 0 Å². The van der Waals surface area contributed by atoms with E-state index in [1.165, 1.54) is 11.3 Å². The maximum Gasteiger partial charge on any atom is 0.325 e. The van der Waals surface area contributed by atoms with E-state index in [4.69, 9.17) is 4.74 Å². The number of benzene rings is 2. The van der Waals surface area contributed by atoms with E-state index in [-0.39, 0.29) is 18.4 Å². The van der Waals surface area contributed by atoms with Gasteiger partial charge in [0.05, 0.1) is 11.4 Å². The third-order valence-corrected chi connectivity index (χ3v) is 5.51. The van der Waals surface area contributed by atoms with Gasteiger partial charge < -0.3 is 15.0 Å². The minimum atomic E-state index is -0.668. The van der Waals surface area contributed by atoms with Gasteiger partial charge in [0.2, 0.25) is 0 Å². The van der Waals surface area contributed by atoms with Crippen molar-refractivity contribution in [2.24, 2.45) is 0 Å². The van der Waals surface area contributed by atoms with Crippen molar-refractivity contribution < 1.29 is 19.1 Å². The Morgan fingerprint density at radius 1 is 0.968 bits per heavy atom. The molecule has 3 rings (SSSR count). The first-order chi connectivity index (χ1) is 14.9. The number of esters is 1. The van der Waals surface area contributed by atoms with Crippen molar-refractivity contribution in [1.82, 2.24) is 5.32 Å². The Kier molecular flexibility index (Phi) is 7.56. The van der Waals surface area contributed by atoms with E-state index in [0.29, 0.717) is 11.4 Å². The van der Waals surface area contributed by atoms with Crippen LogP contribution in [0.15, 0.2) is 66.7 Å². The molecule has 7 heteroatoms. The molecule has 0 fully saturated rings. The van der Waals surface area contributed by atoms with Gasteiger partial charge in [-0.05, 0) is 49.2 Å². The number of hydrogen-bond acceptors (Lipinski definition) is 5. The molecule has 1 aromatic heterocycles. The van der Waals surface area contributed by atoms with Crippen LogP contribution in [0.2, 0.25) is 0 Å². The summed E-state index contributed by atoms with van der Waals surface area (Å²) in [4.78, 5) is 40.1. The Labute approximate surface area is 185 Å². The Morgan fingerprint density at radius 2 is 1.74 bits per heavy atom. The highest BCUT2D eigenvalue weighted by Gasteiger charge is 2.19. The molecule has 1 N–H and O–H groups in total. The van der Waals surface area contributed by atoms with Crippen molar-refractivity contribution in [2.45, 2.75) is 20.4 Å². The quantitative estimate of drug-likeness (QED) is 0.544. The topological polar surface area (TPSA) is 75.7 Å². The number of aryl methyl sites for hydroxylation is 2. The lowest BCUT2D eigenvalue weighted by Gasteiger charge is -2.23.